The fraction of sp³-hybridized carbons (Fsp3) is 0.133. The predicted molar refractivity (Wildman–Crippen MR) is 81.3 cm³/mol. The van der Waals surface area contributed by atoms with Gasteiger partial charge in [-0.15, -0.1) is 0 Å². The first kappa shape index (κ1) is 12.3. The van der Waals surface area contributed by atoms with Gasteiger partial charge in [0.05, 0.1) is 11.2 Å². The van der Waals surface area contributed by atoms with Gasteiger partial charge in [0.25, 0.3) is 0 Å². The first-order valence-electron chi connectivity index (χ1n) is 6.39. The number of rotatable bonds is 3. The van der Waals surface area contributed by atoms with Gasteiger partial charge in [0, 0.05) is 24.2 Å². The standard InChI is InChI=1S/C15H15N5/c1-10-14(16-2)18-9-19-15(10)20-12-7-3-5-11-6-4-8-17-13(11)12/h3-9H,1-2H3,(H2,16,18,19,20). The number of anilines is 3. The summed E-state index contributed by atoms with van der Waals surface area (Å²) in [7, 11) is 1.85. The zero-order valence-electron chi connectivity index (χ0n) is 11.4. The SMILES string of the molecule is CNc1ncnc(Nc2cccc3cccnc23)c1C. The second kappa shape index (κ2) is 5.13. The van der Waals surface area contributed by atoms with Crippen LogP contribution in [-0.4, -0.2) is 22.0 Å². The number of para-hydroxylation sites is 1. The molecule has 1 aromatic carbocycles. The Morgan fingerprint density at radius 1 is 0.950 bits per heavy atom. The summed E-state index contributed by atoms with van der Waals surface area (Å²) in [5, 5.41) is 7.48. The maximum absolute atomic E-state index is 4.43. The van der Waals surface area contributed by atoms with Crippen LogP contribution in [0, 0.1) is 6.92 Å². The maximum atomic E-state index is 4.43. The van der Waals surface area contributed by atoms with E-state index in [1.165, 1.54) is 0 Å². The number of fused-ring (bicyclic) bond motifs is 1. The number of hydrogen-bond donors (Lipinski definition) is 2. The average Bonchev–Trinajstić information content (AvgIpc) is 2.50. The molecule has 0 saturated carbocycles. The summed E-state index contributed by atoms with van der Waals surface area (Å²) in [5.74, 6) is 1.60. The lowest BCUT2D eigenvalue weighted by Gasteiger charge is -2.12. The Morgan fingerprint density at radius 2 is 1.75 bits per heavy atom. The Kier molecular flexibility index (Phi) is 3.16. The van der Waals surface area contributed by atoms with Crippen molar-refractivity contribution in [3.05, 3.63) is 48.4 Å². The molecule has 0 aliphatic heterocycles. The highest BCUT2D eigenvalue weighted by Gasteiger charge is 2.08. The molecule has 0 spiro atoms. The lowest BCUT2D eigenvalue weighted by Crippen LogP contribution is -2.03. The van der Waals surface area contributed by atoms with Crippen molar-refractivity contribution in [3.63, 3.8) is 0 Å². The summed E-state index contributed by atoms with van der Waals surface area (Å²) in [6.07, 6.45) is 3.33. The number of aromatic nitrogens is 3. The summed E-state index contributed by atoms with van der Waals surface area (Å²) in [4.78, 5) is 12.9. The van der Waals surface area contributed by atoms with Crippen molar-refractivity contribution in [2.45, 2.75) is 6.92 Å². The molecule has 100 valence electrons. The van der Waals surface area contributed by atoms with Gasteiger partial charge in [-0.05, 0) is 19.1 Å². The third kappa shape index (κ3) is 2.14. The molecule has 0 amide bonds. The Bertz CT molecular complexity index is 749. The molecule has 0 saturated heterocycles. The van der Waals surface area contributed by atoms with Crippen LogP contribution in [0.15, 0.2) is 42.9 Å². The predicted octanol–water partition coefficient (Wildman–Crippen LogP) is 3.12. The van der Waals surface area contributed by atoms with Crippen LogP contribution in [0.2, 0.25) is 0 Å². The van der Waals surface area contributed by atoms with E-state index in [0.717, 1.165) is 33.8 Å². The van der Waals surface area contributed by atoms with Gasteiger partial charge in [-0.3, -0.25) is 4.98 Å². The van der Waals surface area contributed by atoms with Crippen molar-refractivity contribution in [3.8, 4) is 0 Å². The molecule has 0 atom stereocenters. The van der Waals surface area contributed by atoms with Crippen molar-refractivity contribution >= 4 is 28.2 Å². The van der Waals surface area contributed by atoms with E-state index in [0.29, 0.717) is 0 Å². The molecule has 0 aliphatic rings. The molecule has 5 heteroatoms. The minimum atomic E-state index is 0.780. The summed E-state index contributed by atoms with van der Waals surface area (Å²) < 4.78 is 0. The normalized spacial score (nSPS) is 10.5. The lowest BCUT2D eigenvalue weighted by atomic mass is 10.2. The smallest absolute Gasteiger partial charge is 0.138 e. The fourth-order valence-corrected chi connectivity index (χ4v) is 2.16. The highest BCUT2D eigenvalue weighted by Crippen LogP contribution is 2.26. The third-order valence-electron chi connectivity index (χ3n) is 3.21. The molecule has 0 radical (unpaired) electrons. The van der Waals surface area contributed by atoms with E-state index in [-0.39, 0.29) is 0 Å². The second-order valence-electron chi connectivity index (χ2n) is 4.45. The van der Waals surface area contributed by atoms with Gasteiger partial charge in [0.2, 0.25) is 0 Å². The Morgan fingerprint density at radius 3 is 2.60 bits per heavy atom. The van der Waals surface area contributed by atoms with Crippen molar-refractivity contribution in [2.75, 3.05) is 17.7 Å². The van der Waals surface area contributed by atoms with Crippen LogP contribution in [0.25, 0.3) is 10.9 Å². The van der Waals surface area contributed by atoms with Crippen molar-refractivity contribution in [1.29, 1.82) is 0 Å². The first-order chi connectivity index (χ1) is 9.79. The number of benzene rings is 1. The van der Waals surface area contributed by atoms with Crippen molar-refractivity contribution in [2.24, 2.45) is 0 Å². The molecule has 2 heterocycles. The third-order valence-corrected chi connectivity index (χ3v) is 3.21. The van der Waals surface area contributed by atoms with Crippen LogP contribution in [0.1, 0.15) is 5.56 Å². The number of pyridine rings is 1. The quantitative estimate of drug-likeness (QED) is 0.761. The molecule has 3 rings (SSSR count). The summed E-state index contributed by atoms with van der Waals surface area (Å²) in [6.45, 7) is 1.98. The highest BCUT2D eigenvalue weighted by atomic mass is 15.1. The molecule has 5 nitrogen and oxygen atoms in total. The zero-order chi connectivity index (χ0) is 13.9. The maximum Gasteiger partial charge on any atom is 0.138 e. The molecule has 2 N–H and O–H groups in total. The van der Waals surface area contributed by atoms with Gasteiger partial charge in [-0.2, -0.15) is 0 Å². The molecule has 0 aliphatic carbocycles. The van der Waals surface area contributed by atoms with Gasteiger partial charge >= 0.3 is 0 Å². The Hall–Kier alpha value is -2.69. The molecular weight excluding hydrogens is 250 g/mol. The molecule has 20 heavy (non-hydrogen) atoms. The topological polar surface area (TPSA) is 62.7 Å². The van der Waals surface area contributed by atoms with E-state index in [1.54, 1.807) is 12.5 Å². The summed E-state index contributed by atoms with van der Waals surface area (Å²) >= 11 is 0. The molecule has 0 unspecified atom stereocenters. The van der Waals surface area contributed by atoms with Gasteiger partial charge < -0.3 is 10.6 Å². The van der Waals surface area contributed by atoms with E-state index in [4.69, 9.17) is 0 Å². The first-order valence-corrected chi connectivity index (χ1v) is 6.39. The van der Waals surface area contributed by atoms with Gasteiger partial charge in [0.15, 0.2) is 0 Å². The van der Waals surface area contributed by atoms with Gasteiger partial charge in [0.1, 0.15) is 18.0 Å². The van der Waals surface area contributed by atoms with E-state index in [2.05, 4.69) is 25.6 Å². The highest BCUT2D eigenvalue weighted by molar-refractivity contribution is 5.92. The van der Waals surface area contributed by atoms with Crippen molar-refractivity contribution in [1.82, 2.24) is 15.0 Å². The summed E-state index contributed by atoms with van der Waals surface area (Å²) in [5.41, 5.74) is 2.84. The van der Waals surface area contributed by atoms with Crippen LogP contribution in [0.5, 0.6) is 0 Å². The molecular formula is C15H15N5. The summed E-state index contributed by atoms with van der Waals surface area (Å²) in [6, 6.07) is 10.0. The van der Waals surface area contributed by atoms with E-state index < -0.39 is 0 Å². The average molecular weight is 265 g/mol. The van der Waals surface area contributed by atoms with Crippen LogP contribution in [0.3, 0.4) is 0 Å². The van der Waals surface area contributed by atoms with Crippen LogP contribution < -0.4 is 10.6 Å². The van der Waals surface area contributed by atoms with Crippen LogP contribution in [-0.2, 0) is 0 Å². The molecule has 0 fully saturated rings. The Labute approximate surface area is 117 Å². The molecule has 3 aromatic rings. The van der Waals surface area contributed by atoms with Crippen LogP contribution in [0.4, 0.5) is 17.3 Å². The molecule has 0 bridgehead atoms. The number of hydrogen-bond acceptors (Lipinski definition) is 5. The Balaban J connectivity index is 2.06. The zero-order valence-corrected chi connectivity index (χ0v) is 11.4. The van der Waals surface area contributed by atoms with Crippen LogP contribution >= 0.6 is 0 Å². The molecule has 2 aromatic heterocycles. The monoisotopic (exact) mass is 265 g/mol. The van der Waals surface area contributed by atoms with Gasteiger partial charge in [-0.1, -0.05) is 18.2 Å². The van der Waals surface area contributed by atoms with E-state index >= 15 is 0 Å². The fourth-order valence-electron chi connectivity index (χ4n) is 2.16. The van der Waals surface area contributed by atoms with Crippen molar-refractivity contribution < 1.29 is 0 Å². The second-order valence-corrected chi connectivity index (χ2v) is 4.45. The number of nitrogens with one attached hydrogen (secondary N) is 2. The van der Waals surface area contributed by atoms with E-state index in [1.807, 2.05) is 44.3 Å². The lowest BCUT2D eigenvalue weighted by molar-refractivity contribution is 1.12. The minimum absolute atomic E-state index is 0.780. The largest absolute Gasteiger partial charge is 0.373 e. The minimum Gasteiger partial charge on any atom is -0.373 e. The van der Waals surface area contributed by atoms with Gasteiger partial charge in [-0.25, -0.2) is 9.97 Å². The van der Waals surface area contributed by atoms with E-state index in [9.17, 15) is 0 Å². The number of nitrogens with zero attached hydrogens (tertiary/aromatic N) is 3.